The van der Waals surface area contributed by atoms with Crippen molar-refractivity contribution in [2.45, 2.75) is 6.61 Å². The Bertz CT molecular complexity index is 442. The van der Waals surface area contributed by atoms with Gasteiger partial charge in [-0.2, -0.15) is 0 Å². The number of aromatic nitrogens is 1. The molecular formula is C10H8FNO. The zero-order valence-electron chi connectivity index (χ0n) is 6.87. The molecule has 0 saturated heterocycles. The van der Waals surface area contributed by atoms with Crippen molar-refractivity contribution < 1.29 is 9.50 Å². The van der Waals surface area contributed by atoms with Gasteiger partial charge in [0.15, 0.2) is 0 Å². The Morgan fingerprint density at radius 3 is 2.85 bits per heavy atom. The molecule has 66 valence electrons. The number of hydrogen-bond acceptors (Lipinski definition) is 2. The quantitative estimate of drug-likeness (QED) is 0.721. The van der Waals surface area contributed by atoms with Crippen LogP contribution in [0.15, 0.2) is 30.5 Å². The van der Waals surface area contributed by atoms with Crippen molar-refractivity contribution >= 4 is 10.9 Å². The summed E-state index contributed by atoms with van der Waals surface area (Å²) in [5.41, 5.74) is 1.01. The number of hydrogen-bond donors (Lipinski definition) is 1. The van der Waals surface area contributed by atoms with Crippen LogP contribution in [0.25, 0.3) is 10.9 Å². The van der Waals surface area contributed by atoms with Crippen molar-refractivity contribution in [2.75, 3.05) is 0 Å². The molecule has 0 aliphatic heterocycles. The highest BCUT2D eigenvalue weighted by atomic mass is 19.1. The van der Waals surface area contributed by atoms with Crippen molar-refractivity contribution in [1.82, 2.24) is 4.98 Å². The van der Waals surface area contributed by atoms with Crippen LogP contribution in [0.3, 0.4) is 0 Å². The Kier molecular flexibility index (Phi) is 1.94. The molecule has 0 radical (unpaired) electrons. The molecule has 1 aromatic carbocycles. The molecule has 1 aromatic heterocycles. The van der Waals surface area contributed by atoms with E-state index in [0.29, 0.717) is 16.5 Å². The van der Waals surface area contributed by atoms with Crippen molar-refractivity contribution in [2.24, 2.45) is 0 Å². The number of nitrogens with zero attached hydrogens (tertiary/aromatic N) is 1. The third-order valence-electron chi connectivity index (χ3n) is 1.99. The van der Waals surface area contributed by atoms with E-state index in [1.165, 1.54) is 0 Å². The zero-order valence-corrected chi connectivity index (χ0v) is 6.87. The summed E-state index contributed by atoms with van der Waals surface area (Å²) in [6.07, 6.45) is 1.13. The maximum absolute atomic E-state index is 13.1. The molecule has 1 heterocycles. The maximum atomic E-state index is 13.1. The molecule has 0 bridgehead atoms. The summed E-state index contributed by atoms with van der Waals surface area (Å²) in [6, 6.07) is 7.15. The second-order valence-electron chi connectivity index (χ2n) is 2.76. The first-order chi connectivity index (χ1) is 6.33. The molecule has 0 aliphatic rings. The lowest BCUT2D eigenvalue weighted by Crippen LogP contribution is -1.93. The minimum absolute atomic E-state index is 0.297. The SMILES string of the molecule is OCc1c(F)cnc2ccccc12. The highest BCUT2D eigenvalue weighted by Gasteiger charge is 2.05. The van der Waals surface area contributed by atoms with Crippen LogP contribution in [0.1, 0.15) is 5.56 Å². The topological polar surface area (TPSA) is 33.1 Å². The highest BCUT2D eigenvalue weighted by molar-refractivity contribution is 5.81. The lowest BCUT2D eigenvalue weighted by molar-refractivity contribution is 0.277. The molecule has 2 rings (SSSR count). The van der Waals surface area contributed by atoms with E-state index in [-0.39, 0.29) is 6.61 Å². The van der Waals surface area contributed by atoms with E-state index in [9.17, 15) is 4.39 Å². The van der Waals surface area contributed by atoms with Crippen LogP contribution >= 0.6 is 0 Å². The van der Waals surface area contributed by atoms with Gasteiger partial charge in [-0.25, -0.2) is 4.39 Å². The second-order valence-corrected chi connectivity index (χ2v) is 2.76. The van der Waals surface area contributed by atoms with Crippen LogP contribution in [0.4, 0.5) is 4.39 Å². The average molecular weight is 177 g/mol. The lowest BCUT2D eigenvalue weighted by Gasteiger charge is -2.03. The summed E-state index contributed by atoms with van der Waals surface area (Å²) in [4.78, 5) is 3.90. The van der Waals surface area contributed by atoms with E-state index in [1.807, 2.05) is 6.07 Å². The first kappa shape index (κ1) is 8.13. The van der Waals surface area contributed by atoms with Crippen LogP contribution in [-0.2, 0) is 6.61 Å². The predicted molar refractivity (Wildman–Crippen MR) is 47.6 cm³/mol. The smallest absolute Gasteiger partial charge is 0.147 e. The van der Waals surface area contributed by atoms with Gasteiger partial charge in [-0.05, 0) is 6.07 Å². The molecule has 2 nitrogen and oxygen atoms in total. The molecule has 13 heavy (non-hydrogen) atoms. The molecule has 2 aromatic rings. The van der Waals surface area contributed by atoms with E-state index < -0.39 is 5.82 Å². The normalized spacial score (nSPS) is 10.6. The minimum Gasteiger partial charge on any atom is -0.392 e. The fourth-order valence-corrected chi connectivity index (χ4v) is 1.33. The summed E-state index contributed by atoms with van der Waals surface area (Å²) < 4.78 is 13.1. The summed E-state index contributed by atoms with van der Waals surface area (Å²) in [5, 5.41) is 9.62. The molecule has 0 amide bonds. The summed E-state index contributed by atoms with van der Waals surface area (Å²) in [6.45, 7) is -0.297. The number of aliphatic hydroxyl groups excluding tert-OH is 1. The van der Waals surface area contributed by atoms with Crippen LogP contribution < -0.4 is 0 Å². The average Bonchev–Trinajstić information content (AvgIpc) is 2.18. The first-order valence-electron chi connectivity index (χ1n) is 3.96. The van der Waals surface area contributed by atoms with E-state index in [1.54, 1.807) is 18.2 Å². The third kappa shape index (κ3) is 1.27. The van der Waals surface area contributed by atoms with Crippen molar-refractivity contribution in [1.29, 1.82) is 0 Å². The van der Waals surface area contributed by atoms with Gasteiger partial charge in [0.1, 0.15) is 5.82 Å². The largest absolute Gasteiger partial charge is 0.392 e. The van der Waals surface area contributed by atoms with Gasteiger partial charge in [-0.15, -0.1) is 0 Å². The van der Waals surface area contributed by atoms with E-state index in [0.717, 1.165) is 6.20 Å². The van der Waals surface area contributed by atoms with Gasteiger partial charge in [-0.1, -0.05) is 18.2 Å². The Morgan fingerprint density at radius 2 is 2.08 bits per heavy atom. The fraction of sp³-hybridized carbons (Fsp3) is 0.100. The van der Waals surface area contributed by atoms with Gasteiger partial charge in [0, 0.05) is 10.9 Å². The number of halogens is 1. The van der Waals surface area contributed by atoms with Crippen molar-refractivity contribution in [3.63, 3.8) is 0 Å². The number of pyridine rings is 1. The Balaban J connectivity index is 2.84. The van der Waals surface area contributed by atoms with E-state index in [4.69, 9.17) is 5.11 Å². The number of aliphatic hydroxyl groups is 1. The zero-order chi connectivity index (χ0) is 9.26. The molecule has 0 aliphatic carbocycles. The fourth-order valence-electron chi connectivity index (χ4n) is 1.33. The number of benzene rings is 1. The van der Waals surface area contributed by atoms with Gasteiger partial charge >= 0.3 is 0 Å². The Hall–Kier alpha value is -1.48. The van der Waals surface area contributed by atoms with Crippen molar-refractivity contribution in [3.8, 4) is 0 Å². The first-order valence-corrected chi connectivity index (χ1v) is 3.96. The van der Waals surface area contributed by atoms with Crippen molar-refractivity contribution in [3.05, 3.63) is 41.8 Å². The summed E-state index contributed by atoms with van der Waals surface area (Å²) >= 11 is 0. The van der Waals surface area contributed by atoms with Gasteiger partial charge in [0.2, 0.25) is 0 Å². The van der Waals surface area contributed by atoms with Crippen LogP contribution in [0, 0.1) is 5.82 Å². The molecule has 0 fully saturated rings. The molecule has 3 heteroatoms. The minimum atomic E-state index is -0.457. The molecule has 0 unspecified atom stereocenters. The van der Waals surface area contributed by atoms with Gasteiger partial charge in [0.05, 0.1) is 18.3 Å². The summed E-state index contributed by atoms with van der Waals surface area (Å²) in [5.74, 6) is -0.457. The van der Waals surface area contributed by atoms with Gasteiger partial charge in [-0.3, -0.25) is 4.98 Å². The second kappa shape index (κ2) is 3.11. The molecule has 0 saturated carbocycles. The van der Waals surface area contributed by atoms with Gasteiger partial charge in [0.25, 0.3) is 0 Å². The maximum Gasteiger partial charge on any atom is 0.147 e. The molecule has 0 spiro atoms. The van der Waals surface area contributed by atoms with E-state index >= 15 is 0 Å². The molecule has 0 atom stereocenters. The molecule has 1 N–H and O–H groups in total. The van der Waals surface area contributed by atoms with Crippen LogP contribution in [-0.4, -0.2) is 10.1 Å². The number of rotatable bonds is 1. The predicted octanol–water partition coefficient (Wildman–Crippen LogP) is 1.87. The number of para-hydroxylation sites is 1. The number of fused-ring (bicyclic) bond motifs is 1. The van der Waals surface area contributed by atoms with Crippen LogP contribution in [0.5, 0.6) is 0 Å². The van der Waals surface area contributed by atoms with Crippen LogP contribution in [0.2, 0.25) is 0 Å². The van der Waals surface area contributed by atoms with E-state index in [2.05, 4.69) is 4.98 Å². The van der Waals surface area contributed by atoms with Gasteiger partial charge < -0.3 is 5.11 Å². The Labute approximate surface area is 74.7 Å². The third-order valence-corrected chi connectivity index (χ3v) is 1.99. The Morgan fingerprint density at radius 1 is 1.31 bits per heavy atom. The standard InChI is InChI=1S/C10H8FNO/c11-9-5-12-10-4-2-1-3-7(10)8(9)6-13/h1-5,13H,6H2. The monoisotopic (exact) mass is 177 g/mol. The molecular weight excluding hydrogens is 169 g/mol. The summed E-state index contributed by atoms with van der Waals surface area (Å²) in [7, 11) is 0. The lowest BCUT2D eigenvalue weighted by atomic mass is 10.1. The highest BCUT2D eigenvalue weighted by Crippen LogP contribution is 2.18.